The van der Waals surface area contributed by atoms with Crippen molar-refractivity contribution in [1.82, 2.24) is 19.4 Å². The summed E-state index contributed by atoms with van der Waals surface area (Å²) in [6.45, 7) is 1.62. The molecule has 2 saturated heterocycles. The maximum atomic E-state index is 12.3. The number of amides is 1. The van der Waals surface area contributed by atoms with Crippen molar-refractivity contribution in [3.63, 3.8) is 0 Å². The lowest BCUT2D eigenvalue weighted by atomic mass is 10.1. The van der Waals surface area contributed by atoms with E-state index in [-0.39, 0.29) is 17.9 Å². The summed E-state index contributed by atoms with van der Waals surface area (Å²) in [6.07, 6.45) is 3.61. The van der Waals surface area contributed by atoms with Crippen molar-refractivity contribution < 1.29 is 13.2 Å². The van der Waals surface area contributed by atoms with Gasteiger partial charge in [0.25, 0.3) is 5.91 Å². The van der Waals surface area contributed by atoms with E-state index in [1.54, 1.807) is 11.0 Å². The predicted molar refractivity (Wildman–Crippen MR) is 67.9 cm³/mol. The number of hydrogen-bond acceptors (Lipinski definition) is 4. The van der Waals surface area contributed by atoms with E-state index in [4.69, 9.17) is 0 Å². The standard InChI is InChI=1S/C11H16N4O3S/c1-19(17,18)14-6-8-3-5-15(10(8)7-14)11(16)9-2-4-12-13-9/h2,4,8,10H,3,5-7H2,1H3,(H,12,13)/t8-,10+/m0/s1. The van der Waals surface area contributed by atoms with Gasteiger partial charge in [-0.2, -0.15) is 9.40 Å². The minimum Gasteiger partial charge on any atom is -0.333 e. The van der Waals surface area contributed by atoms with Gasteiger partial charge in [0.05, 0.1) is 6.26 Å². The Balaban J connectivity index is 1.78. The second-order valence-electron chi connectivity index (χ2n) is 5.16. The largest absolute Gasteiger partial charge is 0.333 e. The third-order valence-corrected chi connectivity index (χ3v) is 5.21. The highest BCUT2D eigenvalue weighted by molar-refractivity contribution is 7.88. The second kappa shape index (κ2) is 4.31. The molecule has 0 radical (unpaired) electrons. The van der Waals surface area contributed by atoms with E-state index in [1.165, 1.54) is 16.8 Å². The van der Waals surface area contributed by atoms with Gasteiger partial charge in [0.15, 0.2) is 0 Å². The van der Waals surface area contributed by atoms with Crippen LogP contribution >= 0.6 is 0 Å². The molecule has 19 heavy (non-hydrogen) atoms. The number of aromatic amines is 1. The average Bonchev–Trinajstić information content (AvgIpc) is 3.03. The number of carbonyl (C=O) groups excluding carboxylic acids is 1. The molecule has 1 aromatic heterocycles. The predicted octanol–water partition coefficient (Wildman–Crippen LogP) is -0.484. The first-order valence-corrected chi connectivity index (χ1v) is 8.07. The Kier molecular flexibility index (Phi) is 2.86. The van der Waals surface area contributed by atoms with E-state index in [2.05, 4.69) is 10.2 Å². The van der Waals surface area contributed by atoms with E-state index in [9.17, 15) is 13.2 Å². The monoisotopic (exact) mass is 284 g/mol. The Morgan fingerprint density at radius 1 is 1.47 bits per heavy atom. The zero-order valence-corrected chi connectivity index (χ0v) is 11.4. The number of sulfonamides is 1. The molecule has 7 nitrogen and oxygen atoms in total. The minimum atomic E-state index is -3.17. The Labute approximate surface area is 111 Å². The van der Waals surface area contributed by atoms with E-state index in [1.807, 2.05) is 0 Å². The highest BCUT2D eigenvalue weighted by Crippen LogP contribution is 2.33. The van der Waals surface area contributed by atoms with Crippen LogP contribution in [0.2, 0.25) is 0 Å². The lowest BCUT2D eigenvalue weighted by molar-refractivity contribution is 0.0726. The average molecular weight is 284 g/mol. The minimum absolute atomic E-state index is 0.00877. The molecule has 0 aliphatic carbocycles. The van der Waals surface area contributed by atoms with Crippen LogP contribution in [-0.2, 0) is 10.0 Å². The molecule has 0 saturated carbocycles. The number of aromatic nitrogens is 2. The van der Waals surface area contributed by atoms with E-state index < -0.39 is 10.0 Å². The molecule has 2 aliphatic rings. The molecule has 8 heteroatoms. The zero-order valence-electron chi connectivity index (χ0n) is 10.6. The van der Waals surface area contributed by atoms with Gasteiger partial charge >= 0.3 is 0 Å². The molecule has 0 unspecified atom stereocenters. The van der Waals surface area contributed by atoms with Crippen molar-refractivity contribution in [3.8, 4) is 0 Å². The molecule has 1 amide bonds. The van der Waals surface area contributed by atoms with Gasteiger partial charge in [-0.05, 0) is 18.4 Å². The summed E-state index contributed by atoms with van der Waals surface area (Å²) in [5.74, 6) is 0.155. The summed E-state index contributed by atoms with van der Waals surface area (Å²) >= 11 is 0. The van der Waals surface area contributed by atoms with Crippen LogP contribution < -0.4 is 0 Å². The van der Waals surface area contributed by atoms with Crippen molar-refractivity contribution in [2.75, 3.05) is 25.9 Å². The third kappa shape index (κ3) is 2.14. The quantitative estimate of drug-likeness (QED) is 0.794. The summed E-state index contributed by atoms with van der Waals surface area (Å²) in [6, 6.07) is 1.63. The highest BCUT2D eigenvalue weighted by atomic mass is 32.2. The Morgan fingerprint density at radius 2 is 2.26 bits per heavy atom. The summed E-state index contributed by atoms with van der Waals surface area (Å²) in [5, 5.41) is 6.44. The molecule has 0 bridgehead atoms. The molecule has 0 aromatic carbocycles. The topological polar surface area (TPSA) is 86.4 Å². The van der Waals surface area contributed by atoms with Gasteiger partial charge in [-0.3, -0.25) is 9.89 Å². The number of hydrogen-bond donors (Lipinski definition) is 1. The van der Waals surface area contributed by atoms with Crippen LogP contribution in [0.25, 0.3) is 0 Å². The molecule has 3 heterocycles. The summed E-state index contributed by atoms with van der Waals surface area (Å²) in [4.78, 5) is 14.1. The van der Waals surface area contributed by atoms with Crippen LogP contribution in [0.3, 0.4) is 0 Å². The number of H-pyrrole nitrogens is 1. The van der Waals surface area contributed by atoms with E-state index in [0.717, 1.165) is 6.42 Å². The Bertz CT molecular complexity index is 583. The second-order valence-corrected chi connectivity index (χ2v) is 7.15. The van der Waals surface area contributed by atoms with Crippen molar-refractivity contribution in [2.24, 2.45) is 5.92 Å². The molecule has 2 fully saturated rings. The summed E-state index contributed by atoms with van der Waals surface area (Å²) < 4.78 is 24.6. The smallest absolute Gasteiger partial charge is 0.272 e. The SMILES string of the molecule is CS(=O)(=O)N1C[C@@H]2CCN(C(=O)c3ccn[nH]3)[C@@H]2C1. The lowest BCUT2D eigenvalue weighted by Crippen LogP contribution is -2.40. The molecule has 104 valence electrons. The molecule has 2 atom stereocenters. The fourth-order valence-electron chi connectivity index (χ4n) is 2.98. The number of rotatable bonds is 2. The molecule has 0 spiro atoms. The Hall–Kier alpha value is -1.41. The van der Waals surface area contributed by atoms with E-state index >= 15 is 0 Å². The fraction of sp³-hybridized carbons (Fsp3) is 0.636. The summed E-state index contributed by atoms with van der Waals surface area (Å²) in [7, 11) is -3.17. The Morgan fingerprint density at radius 3 is 2.89 bits per heavy atom. The van der Waals surface area contributed by atoms with Crippen molar-refractivity contribution in [2.45, 2.75) is 12.5 Å². The van der Waals surface area contributed by atoms with Crippen LogP contribution in [0.1, 0.15) is 16.9 Å². The zero-order chi connectivity index (χ0) is 13.6. The van der Waals surface area contributed by atoms with Gasteiger partial charge < -0.3 is 4.90 Å². The first kappa shape index (κ1) is 12.6. The van der Waals surface area contributed by atoms with Crippen molar-refractivity contribution in [3.05, 3.63) is 18.0 Å². The highest BCUT2D eigenvalue weighted by Gasteiger charge is 2.45. The van der Waals surface area contributed by atoms with Crippen molar-refractivity contribution in [1.29, 1.82) is 0 Å². The van der Waals surface area contributed by atoms with Gasteiger partial charge in [0, 0.05) is 31.9 Å². The van der Waals surface area contributed by atoms with Gasteiger partial charge in [-0.1, -0.05) is 0 Å². The maximum Gasteiger partial charge on any atom is 0.272 e. The van der Waals surface area contributed by atoms with Crippen LogP contribution in [0.5, 0.6) is 0 Å². The maximum absolute atomic E-state index is 12.3. The van der Waals surface area contributed by atoms with Gasteiger partial charge in [-0.25, -0.2) is 8.42 Å². The van der Waals surface area contributed by atoms with Crippen LogP contribution in [0, 0.1) is 5.92 Å². The van der Waals surface area contributed by atoms with Crippen LogP contribution in [0.4, 0.5) is 0 Å². The number of likely N-dealkylation sites (tertiary alicyclic amines) is 1. The fourth-order valence-corrected chi connectivity index (χ4v) is 3.86. The van der Waals surface area contributed by atoms with Gasteiger partial charge in [0.1, 0.15) is 5.69 Å². The lowest BCUT2D eigenvalue weighted by Gasteiger charge is -2.23. The molecular formula is C11H16N4O3S. The third-order valence-electron chi connectivity index (χ3n) is 3.98. The van der Waals surface area contributed by atoms with Crippen molar-refractivity contribution >= 4 is 15.9 Å². The molecular weight excluding hydrogens is 268 g/mol. The summed E-state index contributed by atoms with van der Waals surface area (Å²) in [5.41, 5.74) is 0.457. The van der Waals surface area contributed by atoms with Gasteiger partial charge in [0.2, 0.25) is 10.0 Å². The number of nitrogens with zero attached hydrogens (tertiary/aromatic N) is 3. The van der Waals surface area contributed by atoms with E-state index in [0.29, 0.717) is 25.3 Å². The molecule has 1 aromatic rings. The van der Waals surface area contributed by atoms with Gasteiger partial charge in [-0.15, -0.1) is 0 Å². The van der Waals surface area contributed by atoms with Crippen LogP contribution in [0.15, 0.2) is 12.3 Å². The molecule has 2 aliphatic heterocycles. The first-order chi connectivity index (χ1) is 8.97. The first-order valence-electron chi connectivity index (χ1n) is 6.22. The van der Waals surface area contributed by atoms with Crippen LogP contribution in [-0.4, -0.2) is 65.7 Å². The molecule has 3 rings (SSSR count). The number of nitrogens with one attached hydrogen (secondary N) is 1. The normalized spacial score (nSPS) is 27.7. The number of fused-ring (bicyclic) bond motifs is 1. The number of carbonyl (C=O) groups is 1. The molecule has 1 N–H and O–H groups in total.